The van der Waals surface area contributed by atoms with Crippen molar-refractivity contribution in [2.75, 3.05) is 14.7 Å². The number of nitrogens with zero attached hydrogens (tertiary/aromatic N) is 3. The number of hydrogen-bond donors (Lipinski definition) is 0. The molecule has 0 radical (unpaired) electrons. The Balaban J connectivity index is 0.865. The topological polar surface area (TPSA) is 9.72 Å². The molecule has 66 heavy (non-hydrogen) atoms. The van der Waals surface area contributed by atoms with Gasteiger partial charge in [0.05, 0.1) is 0 Å². The Morgan fingerprint density at radius 1 is 0.182 bits per heavy atom. The molecule has 0 atom stereocenters. The molecule has 0 spiro atoms. The molecule has 0 aliphatic rings. The molecule has 9 aromatic rings. The van der Waals surface area contributed by atoms with Crippen molar-refractivity contribution in [3.8, 4) is 0 Å². The van der Waals surface area contributed by atoms with Crippen LogP contribution in [-0.4, -0.2) is 0 Å². The first-order chi connectivity index (χ1) is 32.2. The van der Waals surface area contributed by atoms with Crippen LogP contribution in [0.3, 0.4) is 0 Å². The molecular formula is C63H59N3. The zero-order chi connectivity index (χ0) is 45.4. The van der Waals surface area contributed by atoms with Crippen LogP contribution in [0, 0.1) is 34.6 Å². The third kappa shape index (κ3) is 10.5. The lowest BCUT2D eigenvalue weighted by Crippen LogP contribution is -2.10. The first-order valence-corrected chi connectivity index (χ1v) is 23.3. The van der Waals surface area contributed by atoms with Gasteiger partial charge in [-0.3, -0.25) is 0 Å². The molecule has 0 heterocycles. The Labute approximate surface area is 392 Å². The normalized spacial score (nSPS) is 11.0. The van der Waals surface area contributed by atoms with Crippen molar-refractivity contribution < 1.29 is 0 Å². The Morgan fingerprint density at radius 3 is 0.439 bits per heavy atom. The fourth-order valence-electron chi connectivity index (χ4n) is 8.63. The summed E-state index contributed by atoms with van der Waals surface area (Å²) in [6.07, 6.45) is 3.89. The van der Waals surface area contributed by atoms with Gasteiger partial charge >= 0.3 is 0 Å². The summed E-state index contributed by atoms with van der Waals surface area (Å²) in [6.45, 7) is 10.7. The van der Waals surface area contributed by atoms with Crippen molar-refractivity contribution in [3.05, 3.63) is 268 Å². The average molecular weight is 858 g/mol. The summed E-state index contributed by atoms with van der Waals surface area (Å²) in [7, 11) is 0. The molecule has 0 saturated heterocycles. The molecule has 3 nitrogen and oxygen atoms in total. The summed E-state index contributed by atoms with van der Waals surface area (Å²) >= 11 is 0. The number of anilines is 9. The summed E-state index contributed by atoms with van der Waals surface area (Å²) in [5.74, 6) is 0. The molecule has 0 saturated carbocycles. The number of rotatable bonds is 15. The van der Waals surface area contributed by atoms with Crippen LogP contribution >= 0.6 is 0 Å². The molecule has 326 valence electrons. The lowest BCUT2D eigenvalue weighted by molar-refractivity contribution is 0.958. The van der Waals surface area contributed by atoms with Crippen molar-refractivity contribution in [2.24, 2.45) is 0 Å². The predicted octanol–water partition coefficient (Wildman–Crippen LogP) is 17.2. The van der Waals surface area contributed by atoms with Crippen LogP contribution in [0.25, 0.3) is 0 Å². The Bertz CT molecular complexity index is 2660. The van der Waals surface area contributed by atoms with Crippen molar-refractivity contribution >= 4 is 51.2 Å². The van der Waals surface area contributed by atoms with Gasteiger partial charge in [0.15, 0.2) is 0 Å². The molecule has 9 aromatic carbocycles. The van der Waals surface area contributed by atoms with E-state index in [0.29, 0.717) is 0 Å². The summed E-state index contributed by atoms with van der Waals surface area (Å²) in [6, 6.07) is 80.4. The number of benzene rings is 9. The minimum Gasteiger partial charge on any atom is -0.311 e. The minimum atomic E-state index is 0.971. The number of hydrogen-bond acceptors (Lipinski definition) is 3. The maximum Gasteiger partial charge on any atom is 0.0461 e. The van der Waals surface area contributed by atoms with Gasteiger partial charge in [-0.1, -0.05) is 137 Å². The Hall–Kier alpha value is -7.62. The quantitative estimate of drug-likeness (QED) is 0.102. The molecular weight excluding hydrogens is 799 g/mol. The highest BCUT2D eigenvalue weighted by molar-refractivity contribution is 5.79. The Morgan fingerprint density at radius 2 is 0.303 bits per heavy atom. The van der Waals surface area contributed by atoms with Crippen molar-refractivity contribution in [1.82, 2.24) is 0 Å². The van der Waals surface area contributed by atoms with Crippen LogP contribution in [0.1, 0.15) is 50.1 Å². The first kappa shape index (κ1) is 43.6. The zero-order valence-electron chi connectivity index (χ0n) is 39.0. The highest BCUT2D eigenvalue weighted by Gasteiger charge is 2.16. The van der Waals surface area contributed by atoms with E-state index in [1.165, 1.54) is 50.1 Å². The standard InChI is InChI=1S/C63H59N3/c1-46-6-28-55(29-7-46)64(56-30-8-47(2)9-31-56)60-38-20-51(21-39-60)16-18-53-24-42-62(43-25-53)66(59-36-14-50(5)15-37-59)63-44-26-54(27-45-63)19-17-52-22-40-61(41-23-52)65(57-32-10-48(3)11-33-57)58-34-12-49(4)13-35-58/h6-15,20-45H,16-19H2,1-5H3. The third-order valence-corrected chi connectivity index (χ3v) is 12.6. The van der Waals surface area contributed by atoms with E-state index < -0.39 is 0 Å². The molecule has 0 N–H and O–H groups in total. The van der Waals surface area contributed by atoms with E-state index in [1.807, 2.05) is 0 Å². The monoisotopic (exact) mass is 857 g/mol. The van der Waals surface area contributed by atoms with Crippen LogP contribution in [-0.2, 0) is 25.7 Å². The molecule has 0 amide bonds. The van der Waals surface area contributed by atoms with E-state index in [-0.39, 0.29) is 0 Å². The van der Waals surface area contributed by atoms with Crippen LogP contribution in [0.2, 0.25) is 0 Å². The zero-order valence-corrected chi connectivity index (χ0v) is 39.0. The second-order valence-corrected chi connectivity index (χ2v) is 17.8. The predicted molar refractivity (Wildman–Crippen MR) is 282 cm³/mol. The number of aryl methyl sites for hydroxylation is 9. The van der Waals surface area contributed by atoms with Crippen LogP contribution in [0.5, 0.6) is 0 Å². The van der Waals surface area contributed by atoms with Crippen LogP contribution in [0.4, 0.5) is 51.2 Å². The summed E-state index contributed by atoms with van der Waals surface area (Å²) in [4.78, 5) is 7.04. The highest BCUT2D eigenvalue weighted by Crippen LogP contribution is 2.38. The van der Waals surface area contributed by atoms with Gasteiger partial charge in [-0.15, -0.1) is 0 Å². The van der Waals surface area contributed by atoms with Gasteiger partial charge in [0.25, 0.3) is 0 Å². The Kier molecular flexibility index (Phi) is 13.3. The van der Waals surface area contributed by atoms with E-state index >= 15 is 0 Å². The molecule has 3 heteroatoms. The molecule has 0 aromatic heterocycles. The van der Waals surface area contributed by atoms with Gasteiger partial charge in [-0.2, -0.15) is 0 Å². The fraction of sp³-hybridized carbons (Fsp3) is 0.143. The van der Waals surface area contributed by atoms with Crippen LogP contribution < -0.4 is 14.7 Å². The summed E-state index contributed by atoms with van der Waals surface area (Å²) < 4.78 is 0. The van der Waals surface area contributed by atoms with Crippen molar-refractivity contribution in [1.29, 1.82) is 0 Å². The van der Waals surface area contributed by atoms with Gasteiger partial charge in [0.2, 0.25) is 0 Å². The highest BCUT2D eigenvalue weighted by atomic mass is 15.2. The van der Waals surface area contributed by atoms with Gasteiger partial charge in [0, 0.05) is 51.2 Å². The smallest absolute Gasteiger partial charge is 0.0461 e. The molecule has 0 aliphatic heterocycles. The molecule has 0 unspecified atom stereocenters. The average Bonchev–Trinajstić information content (AvgIpc) is 3.35. The largest absolute Gasteiger partial charge is 0.311 e. The molecule has 0 aliphatic carbocycles. The lowest BCUT2D eigenvalue weighted by atomic mass is 10.0. The van der Waals surface area contributed by atoms with E-state index in [0.717, 1.165) is 76.9 Å². The van der Waals surface area contributed by atoms with Gasteiger partial charge in [-0.05, 0) is 192 Å². The lowest BCUT2D eigenvalue weighted by Gasteiger charge is -2.26. The minimum absolute atomic E-state index is 0.971. The molecule has 0 bridgehead atoms. The van der Waals surface area contributed by atoms with E-state index in [9.17, 15) is 0 Å². The van der Waals surface area contributed by atoms with Crippen LogP contribution in [0.15, 0.2) is 218 Å². The van der Waals surface area contributed by atoms with Gasteiger partial charge in [0.1, 0.15) is 0 Å². The van der Waals surface area contributed by atoms with E-state index in [4.69, 9.17) is 0 Å². The first-order valence-electron chi connectivity index (χ1n) is 23.3. The second-order valence-electron chi connectivity index (χ2n) is 17.8. The van der Waals surface area contributed by atoms with E-state index in [1.54, 1.807) is 0 Å². The maximum absolute atomic E-state index is 2.37. The summed E-state index contributed by atoms with van der Waals surface area (Å²) in [5, 5.41) is 0. The SMILES string of the molecule is Cc1ccc(N(c2ccc(C)cc2)c2ccc(CCc3ccc(N(c4ccc(C)cc4)c4ccc(CCc5ccc(N(c6ccc(C)cc6)c6ccc(C)cc6)cc5)cc4)cc3)cc2)cc1. The van der Waals surface area contributed by atoms with Gasteiger partial charge in [-0.25, -0.2) is 0 Å². The molecule has 9 rings (SSSR count). The van der Waals surface area contributed by atoms with Crippen molar-refractivity contribution in [3.63, 3.8) is 0 Å². The van der Waals surface area contributed by atoms with E-state index in [2.05, 4.69) is 268 Å². The molecule has 0 fully saturated rings. The van der Waals surface area contributed by atoms with Gasteiger partial charge < -0.3 is 14.7 Å². The fourth-order valence-corrected chi connectivity index (χ4v) is 8.63. The second kappa shape index (κ2) is 20.0. The van der Waals surface area contributed by atoms with Crippen molar-refractivity contribution in [2.45, 2.75) is 60.3 Å². The summed E-state index contributed by atoms with van der Waals surface area (Å²) in [5.41, 5.74) is 22.0. The third-order valence-electron chi connectivity index (χ3n) is 12.6. The maximum atomic E-state index is 2.37.